The molecule has 88 valence electrons. The number of nitrogen functional groups attached to an aromatic ring is 1. The van der Waals surface area contributed by atoms with E-state index >= 15 is 0 Å². The summed E-state index contributed by atoms with van der Waals surface area (Å²) in [5.74, 6) is 1.78. The number of aromatic nitrogens is 1. The van der Waals surface area contributed by atoms with Gasteiger partial charge in [-0.15, -0.1) is 0 Å². The van der Waals surface area contributed by atoms with Gasteiger partial charge in [-0.05, 0) is 38.2 Å². The molecule has 1 aromatic rings. The van der Waals surface area contributed by atoms with Gasteiger partial charge >= 0.3 is 0 Å². The molecule has 0 aliphatic carbocycles. The Bertz CT molecular complexity index is 375. The highest BCUT2D eigenvalue weighted by molar-refractivity contribution is 5.55. The van der Waals surface area contributed by atoms with E-state index in [0.29, 0.717) is 6.04 Å². The van der Waals surface area contributed by atoms with Crippen LogP contribution in [0.4, 0.5) is 11.5 Å². The lowest BCUT2D eigenvalue weighted by Crippen LogP contribution is -2.41. The molecule has 1 saturated heterocycles. The first-order chi connectivity index (χ1) is 7.58. The largest absolute Gasteiger partial charge is 0.398 e. The van der Waals surface area contributed by atoms with E-state index in [4.69, 9.17) is 5.73 Å². The van der Waals surface area contributed by atoms with Gasteiger partial charge < -0.3 is 10.6 Å². The smallest absolute Gasteiger partial charge is 0.130 e. The molecule has 0 aromatic carbocycles. The highest BCUT2D eigenvalue weighted by Crippen LogP contribution is 2.27. The SMILES string of the molecule is Cc1cnc(N2CC(C)CCC2C)cc1N. The number of nitrogens with zero attached hydrogens (tertiary/aromatic N) is 2. The monoisotopic (exact) mass is 219 g/mol. The summed E-state index contributed by atoms with van der Waals surface area (Å²) < 4.78 is 0. The van der Waals surface area contributed by atoms with Gasteiger partial charge in [0, 0.05) is 30.5 Å². The number of rotatable bonds is 1. The molecule has 3 heteroatoms. The summed E-state index contributed by atoms with van der Waals surface area (Å²) >= 11 is 0. The van der Waals surface area contributed by atoms with Crippen LogP contribution in [0.1, 0.15) is 32.3 Å². The number of anilines is 2. The molecule has 0 amide bonds. The average Bonchev–Trinajstić information content (AvgIpc) is 2.26. The van der Waals surface area contributed by atoms with Crippen LogP contribution in [0.5, 0.6) is 0 Å². The molecule has 1 aromatic heterocycles. The number of aryl methyl sites for hydroxylation is 1. The van der Waals surface area contributed by atoms with Crippen LogP contribution in [0.15, 0.2) is 12.3 Å². The van der Waals surface area contributed by atoms with Crippen molar-refractivity contribution in [3.05, 3.63) is 17.8 Å². The van der Waals surface area contributed by atoms with Crippen LogP contribution in [0.25, 0.3) is 0 Å². The molecule has 0 saturated carbocycles. The molecule has 0 bridgehead atoms. The average molecular weight is 219 g/mol. The number of hydrogen-bond donors (Lipinski definition) is 1. The zero-order chi connectivity index (χ0) is 11.7. The van der Waals surface area contributed by atoms with Gasteiger partial charge in [0.15, 0.2) is 0 Å². The Morgan fingerprint density at radius 1 is 1.38 bits per heavy atom. The first kappa shape index (κ1) is 11.2. The maximum Gasteiger partial charge on any atom is 0.130 e. The van der Waals surface area contributed by atoms with Crippen molar-refractivity contribution >= 4 is 11.5 Å². The summed E-state index contributed by atoms with van der Waals surface area (Å²) in [7, 11) is 0. The third-order valence-corrected chi connectivity index (χ3v) is 3.54. The highest BCUT2D eigenvalue weighted by atomic mass is 15.2. The summed E-state index contributed by atoms with van der Waals surface area (Å²) in [5, 5.41) is 0. The van der Waals surface area contributed by atoms with Crippen LogP contribution in [-0.4, -0.2) is 17.6 Å². The summed E-state index contributed by atoms with van der Waals surface area (Å²) in [6, 6.07) is 2.58. The zero-order valence-electron chi connectivity index (χ0n) is 10.4. The van der Waals surface area contributed by atoms with Crippen molar-refractivity contribution in [1.29, 1.82) is 0 Å². The minimum absolute atomic E-state index is 0.575. The molecule has 0 spiro atoms. The second-order valence-corrected chi connectivity index (χ2v) is 5.08. The molecule has 2 heterocycles. The standard InChI is InChI=1S/C13H21N3/c1-9-4-5-11(3)16(8-9)13-6-12(14)10(2)7-15-13/h6-7,9,11H,4-5,8H2,1-3H3,(H2,14,15). The minimum atomic E-state index is 0.575. The van der Waals surface area contributed by atoms with Crippen LogP contribution < -0.4 is 10.6 Å². The van der Waals surface area contributed by atoms with Gasteiger partial charge in [-0.25, -0.2) is 4.98 Å². The lowest BCUT2D eigenvalue weighted by molar-refractivity contribution is 0.388. The van der Waals surface area contributed by atoms with E-state index < -0.39 is 0 Å². The predicted octanol–water partition coefficient (Wildman–Crippen LogP) is 2.60. The van der Waals surface area contributed by atoms with Crippen molar-refractivity contribution in [2.24, 2.45) is 5.92 Å². The first-order valence-corrected chi connectivity index (χ1v) is 6.06. The summed E-state index contributed by atoms with van der Waals surface area (Å²) in [4.78, 5) is 6.87. The Kier molecular flexibility index (Phi) is 3.03. The molecule has 0 radical (unpaired) electrons. The van der Waals surface area contributed by atoms with Crippen LogP contribution in [0.2, 0.25) is 0 Å². The molecule has 16 heavy (non-hydrogen) atoms. The van der Waals surface area contributed by atoms with Gasteiger partial charge in [0.1, 0.15) is 5.82 Å². The third kappa shape index (κ3) is 2.13. The zero-order valence-corrected chi connectivity index (χ0v) is 10.4. The van der Waals surface area contributed by atoms with Gasteiger partial charge in [-0.2, -0.15) is 0 Å². The van der Waals surface area contributed by atoms with Crippen LogP contribution >= 0.6 is 0 Å². The number of pyridine rings is 1. The van der Waals surface area contributed by atoms with Gasteiger partial charge in [0.05, 0.1) is 0 Å². The van der Waals surface area contributed by atoms with E-state index in [1.165, 1.54) is 12.8 Å². The Labute approximate surface area is 97.7 Å². The molecule has 1 aliphatic rings. The first-order valence-electron chi connectivity index (χ1n) is 6.06. The van der Waals surface area contributed by atoms with E-state index in [2.05, 4.69) is 23.7 Å². The Morgan fingerprint density at radius 2 is 2.12 bits per heavy atom. The lowest BCUT2D eigenvalue weighted by atomic mass is 9.95. The number of nitrogens with two attached hydrogens (primary N) is 1. The van der Waals surface area contributed by atoms with Gasteiger partial charge in [0.2, 0.25) is 0 Å². The fourth-order valence-electron chi connectivity index (χ4n) is 2.29. The Morgan fingerprint density at radius 3 is 2.81 bits per heavy atom. The fourth-order valence-corrected chi connectivity index (χ4v) is 2.29. The fraction of sp³-hybridized carbons (Fsp3) is 0.615. The minimum Gasteiger partial charge on any atom is -0.398 e. The van der Waals surface area contributed by atoms with Gasteiger partial charge in [-0.3, -0.25) is 0 Å². The van der Waals surface area contributed by atoms with Crippen molar-refractivity contribution in [3.8, 4) is 0 Å². The second-order valence-electron chi connectivity index (χ2n) is 5.08. The number of hydrogen-bond acceptors (Lipinski definition) is 3. The molecule has 3 nitrogen and oxygen atoms in total. The normalized spacial score (nSPS) is 25.8. The maximum absolute atomic E-state index is 5.94. The van der Waals surface area contributed by atoms with E-state index in [1.807, 2.05) is 19.2 Å². The Balaban J connectivity index is 2.24. The summed E-state index contributed by atoms with van der Waals surface area (Å²) in [5.41, 5.74) is 7.84. The van der Waals surface area contributed by atoms with Crippen molar-refractivity contribution in [3.63, 3.8) is 0 Å². The maximum atomic E-state index is 5.94. The molecule has 2 rings (SSSR count). The van der Waals surface area contributed by atoms with Crippen LogP contribution in [-0.2, 0) is 0 Å². The van der Waals surface area contributed by atoms with Crippen molar-refractivity contribution in [2.75, 3.05) is 17.2 Å². The molecule has 2 N–H and O–H groups in total. The van der Waals surface area contributed by atoms with Crippen LogP contribution in [0, 0.1) is 12.8 Å². The van der Waals surface area contributed by atoms with E-state index in [0.717, 1.165) is 29.5 Å². The van der Waals surface area contributed by atoms with Crippen molar-refractivity contribution in [1.82, 2.24) is 4.98 Å². The summed E-state index contributed by atoms with van der Waals surface area (Å²) in [6.07, 6.45) is 4.44. The van der Waals surface area contributed by atoms with E-state index in [1.54, 1.807) is 0 Å². The van der Waals surface area contributed by atoms with Gasteiger partial charge in [0.25, 0.3) is 0 Å². The van der Waals surface area contributed by atoms with E-state index in [9.17, 15) is 0 Å². The predicted molar refractivity (Wildman–Crippen MR) is 68.6 cm³/mol. The van der Waals surface area contributed by atoms with E-state index in [-0.39, 0.29) is 0 Å². The Hall–Kier alpha value is -1.25. The topological polar surface area (TPSA) is 42.2 Å². The summed E-state index contributed by atoms with van der Waals surface area (Å²) in [6.45, 7) is 7.66. The second kappa shape index (κ2) is 4.32. The molecular formula is C13H21N3. The van der Waals surface area contributed by atoms with Crippen molar-refractivity contribution < 1.29 is 0 Å². The molecule has 2 unspecified atom stereocenters. The molecular weight excluding hydrogens is 198 g/mol. The number of piperidine rings is 1. The lowest BCUT2D eigenvalue weighted by Gasteiger charge is -2.37. The van der Waals surface area contributed by atoms with Crippen LogP contribution in [0.3, 0.4) is 0 Å². The quantitative estimate of drug-likeness (QED) is 0.789. The molecule has 2 atom stereocenters. The molecule has 1 fully saturated rings. The van der Waals surface area contributed by atoms with Crippen molar-refractivity contribution in [2.45, 2.75) is 39.7 Å². The van der Waals surface area contributed by atoms with Gasteiger partial charge in [-0.1, -0.05) is 6.92 Å². The molecule has 1 aliphatic heterocycles. The third-order valence-electron chi connectivity index (χ3n) is 3.54. The highest BCUT2D eigenvalue weighted by Gasteiger charge is 2.23.